The number of benzene rings is 1. The number of hydrogen-bond acceptors (Lipinski definition) is 3. The number of nitrogens with zero attached hydrogens (tertiary/aromatic N) is 1. The van der Waals surface area contributed by atoms with Crippen LogP contribution in [0.25, 0.3) is 0 Å². The Morgan fingerprint density at radius 3 is 2.86 bits per heavy atom. The van der Waals surface area contributed by atoms with Crippen LogP contribution in [0.5, 0.6) is 5.75 Å². The molecule has 1 fully saturated rings. The predicted octanol–water partition coefficient (Wildman–Crippen LogP) is 2.00. The minimum atomic E-state index is -0.383. The van der Waals surface area contributed by atoms with E-state index in [1.807, 2.05) is 0 Å². The van der Waals surface area contributed by atoms with E-state index in [9.17, 15) is 9.90 Å². The average Bonchev–Trinajstić information content (AvgIpc) is 2.57. The van der Waals surface area contributed by atoms with E-state index >= 15 is 0 Å². The second-order valence-corrected chi connectivity index (χ2v) is 3.31. The number of ether oxygens (including phenoxy) is 1. The molecule has 0 saturated carbocycles. The van der Waals surface area contributed by atoms with Crippen molar-refractivity contribution < 1.29 is 14.6 Å². The number of cyclic esters (lactones) is 1. The summed E-state index contributed by atoms with van der Waals surface area (Å²) in [5, 5.41) is 9.41. The molecule has 0 aliphatic carbocycles. The average molecular weight is 214 g/mol. The van der Waals surface area contributed by atoms with Crippen molar-refractivity contribution in [3.8, 4) is 5.75 Å². The van der Waals surface area contributed by atoms with E-state index in [1.165, 1.54) is 17.0 Å². The van der Waals surface area contributed by atoms with E-state index < -0.39 is 0 Å². The summed E-state index contributed by atoms with van der Waals surface area (Å²) < 4.78 is 4.77. The van der Waals surface area contributed by atoms with Crippen LogP contribution < -0.4 is 4.90 Å². The lowest BCUT2D eigenvalue weighted by Crippen LogP contribution is -2.23. The number of hydrogen-bond donors (Lipinski definition) is 1. The highest BCUT2D eigenvalue weighted by Crippen LogP contribution is 2.29. The number of aromatic hydroxyl groups is 1. The fourth-order valence-electron chi connectivity index (χ4n) is 1.29. The molecule has 0 atom stereocenters. The van der Waals surface area contributed by atoms with E-state index in [0.29, 0.717) is 18.8 Å². The molecule has 1 aliphatic heterocycles. The zero-order valence-corrected chi connectivity index (χ0v) is 7.99. The Morgan fingerprint density at radius 1 is 1.50 bits per heavy atom. The molecule has 1 amide bonds. The third-order valence-corrected chi connectivity index (χ3v) is 2.31. The van der Waals surface area contributed by atoms with Crippen molar-refractivity contribution in [2.24, 2.45) is 0 Å². The van der Waals surface area contributed by atoms with Crippen molar-refractivity contribution in [1.29, 1.82) is 0 Å². The van der Waals surface area contributed by atoms with E-state index in [2.05, 4.69) is 0 Å². The first-order chi connectivity index (χ1) is 6.68. The lowest BCUT2D eigenvalue weighted by atomic mass is 10.3. The molecule has 5 heteroatoms. The highest BCUT2D eigenvalue weighted by atomic mass is 35.5. The molecule has 1 N–H and O–H groups in total. The van der Waals surface area contributed by atoms with Crippen LogP contribution in [0.2, 0.25) is 5.02 Å². The number of anilines is 1. The summed E-state index contributed by atoms with van der Waals surface area (Å²) in [7, 11) is 0. The molecule has 1 aromatic rings. The zero-order valence-electron chi connectivity index (χ0n) is 7.24. The van der Waals surface area contributed by atoms with Crippen molar-refractivity contribution >= 4 is 23.4 Å². The van der Waals surface area contributed by atoms with Crippen LogP contribution in [0.1, 0.15) is 0 Å². The number of phenolic OH excluding ortho intramolecular Hbond substituents is 1. The normalized spacial score (nSPS) is 15.8. The van der Waals surface area contributed by atoms with Crippen LogP contribution >= 0.6 is 11.6 Å². The maximum absolute atomic E-state index is 11.2. The Kier molecular flexibility index (Phi) is 2.21. The van der Waals surface area contributed by atoms with E-state index in [1.54, 1.807) is 6.07 Å². The first kappa shape index (κ1) is 9.15. The van der Waals surface area contributed by atoms with E-state index in [4.69, 9.17) is 16.3 Å². The van der Waals surface area contributed by atoms with Crippen LogP contribution in [0.3, 0.4) is 0 Å². The standard InChI is InChI=1S/C9H8ClNO3/c10-7-5-6(1-2-8(7)12)11-3-4-14-9(11)13/h1-2,5,12H,3-4H2. The third-order valence-electron chi connectivity index (χ3n) is 2.00. The third kappa shape index (κ3) is 1.48. The summed E-state index contributed by atoms with van der Waals surface area (Å²) in [5.74, 6) is 0.00276. The molecule has 2 rings (SSSR count). The number of amides is 1. The second-order valence-electron chi connectivity index (χ2n) is 2.90. The molecule has 1 aromatic carbocycles. The SMILES string of the molecule is O=C1OCCN1c1ccc(O)c(Cl)c1. The smallest absolute Gasteiger partial charge is 0.414 e. The van der Waals surface area contributed by atoms with Gasteiger partial charge in [0.15, 0.2) is 0 Å². The Balaban J connectivity index is 2.32. The topological polar surface area (TPSA) is 49.8 Å². The first-order valence-electron chi connectivity index (χ1n) is 4.11. The van der Waals surface area contributed by atoms with Crippen molar-refractivity contribution in [1.82, 2.24) is 0 Å². The number of carbonyl (C=O) groups is 1. The lowest BCUT2D eigenvalue weighted by molar-refractivity contribution is 0.181. The van der Waals surface area contributed by atoms with Crippen LogP contribution in [-0.4, -0.2) is 24.4 Å². The van der Waals surface area contributed by atoms with Crippen LogP contribution in [-0.2, 0) is 4.74 Å². The van der Waals surface area contributed by atoms with E-state index in [0.717, 1.165) is 0 Å². The molecular weight excluding hydrogens is 206 g/mol. The van der Waals surface area contributed by atoms with Gasteiger partial charge in [-0.05, 0) is 18.2 Å². The molecule has 0 bridgehead atoms. The molecule has 0 aromatic heterocycles. The number of halogens is 1. The van der Waals surface area contributed by atoms with Gasteiger partial charge in [0.1, 0.15) is 12.4 Å². The maximum Gasteiger partial charge on any atom is 0.414 e. The molecular formula is C9H8ClNO3. The molecule has 0 radical (unpaired) electrons. The lowest BCUT2D eigenvalue weighted by Gasteiger charge is -2.12. The summed E-state index contributed by atoms with van der Waals surface area (Å²) in [6.07, 6.45) is -0.383. The van der Waals surface area contributed by atoms with Gasteiger partial charge in [0.2, 0.25) is 0 Å². The summed E-state index contributed by atoms with van der Waals surface area (Å²) in [6.45, 7) is 0.900. The molecule has 14 heavy (non-hydrogen) atoms. The van der Waals surface area contributed by atoms with Gasteiger partial charge < -0.3 is 9.84 Å². The molecule has 1 heterocycles. The number of carbonyl (C=O) groups excluding carboxylic acids is 1. The van der Waals surface area contributed by atoms with E-state index in [-0.39, 0.29) is 16.9 Å². The minimum absolute atomic E-state index is 0.00276. The van der Waals surface area contributed by atoms with Crippen LogP contribution in [0, 0.1) is 0 Å². The Labute approximate surface area is 85.7 Å². The summed E-state index contributed by atoms with van der Waals surface area (Å²) >= 11 is 5.71. The fourth-order valence-corrected chi connectivity index (χ4v) is 1.47. The van der Waals surface area contributed by atoms with Crippen molar-refractivity contribution in [3.05, 3.63) is 23.2 Å². The van der Waals surface area contributed by atoms with Gasteiger partial charge in [0.25, 0.3) is 0 Å². The van der Waals surface area contributed by atoms with Gasteiger partial charge in [-0.15, -0.1) is 0 Å². The molecule has 74 valence electrons. The minimum Gasteiger partial charge on any atom is -0.506 e. The molecule has 4 nitrogen and oxygen atoms in total. The highest BCUT2D eigenvalue weighted by Gasteiger charge is 2.23. The van der Waals surface area contributed by atoms with Gasteiger partial charge in [0.05, 0.1) is 11.6 Å². The van der Waals surface area contributed by atoms with Gasteiger partial charge in [-0.2, -0.15) is 0 Å². The first-order valence-corrected chi connectivity index (χ1v) is 4.49. The quantitative estimate of drug-likeness (QED) is 0.776. The summed E-state index contributed by atoms with van der Waals surface area (Å²) in [5.41, 5.74) is 0.635. The molecule has 1 saturated heterocycles. The van der Waals surface area contributed by atoms with Crippen molar-refractivity contribution in [2.45, 2.75) is 0 Å². The predicted molar refractivity (Wildman–Crippen MR) is 51.8 cm³/mol. The zero-order chi connectivity index (χ0) is 10.1. The Morgan fingerprint density at radius 2 is 2.29 bits per heavy atom. The molecule has 1 aliphatic rings. The highest BCUT2D eigenvalue weighted by molar-refractivity contribution is 6.32. The van der Waals surface area contributed by atoms with Gasteiger partial charge >= 0.3 is 6.09 Å². The number of rotatable bonds is 1. The molecule has 0 spiro atoms. The van der Waals surface area contributed by atoms with Crippen LogP contribution in [0.4, 0.5) is 10.5 Å². The Hall–Kier alpha value is -1.42. The molecule has 0 unspecified atom stereocenters. The fraction of sp³-hybridized carbons (Fsp3) is 0.222. The van der Waals surface area contributed by atoms with Gasteiger partial charge in [-0.1, -0.05) is 11.6 Å². The van der Waals surface area contributed by atoms with Crippen LogP contribution in [0.15, 0.2) is 18.2 Å². The number of phenols is 1. The van der Waals surface area contributed by atoms with Gasteiger partial charge in [0, 0.05) is 5.69 Å². The Bertz CT molecular complexity index is 380. The van der Waals surface area contributed by atoms with Crippen molar-refractivity contribution in [3.63, 3.8) is 0 Å². The van der Waals surface area contributed by atoms with Crippen molar-refractivity contribution in [2.75, 3.05) is 18.1 Å². The second kappa shape index (κ2) is 3.38. The van der Waals surface area contributed by atoms with Gasteiger partial charge in [-0.3, -0.25) is 4.90 Å². The van der Waals surface area contributed by atoms with Gasteiger partial charge in [-0.25, -0.2) is 4.79 Å². The maximum atomic E-state index is 11.2. The summed E-state index contributed by atoms with van der Waals surface area (Å²) in [6, 6.07) is 4.60. The summed E-state index contributed by atoms with van der Waals surface area (Å²) in [4.78, 5) is 12.6. The monoisotopic (exact) mass is 213 g/mol. The largest absolute Gasteiger partial charge is 0.506 e.